The van der Waals surface area contributed by atoms with Crippen LogP contribution in [0, 0.1) is 5.92 Å². The number of rotatable bonds is 4. The van der Waals surface area contributed by atoms with E-state index in [4.69, 9.17) is 9.47 Å². The molecule has 3 rings (SSSR count). The molecule has 7 nitrogen and oxygen atoms in total. The number of carbonyl (C=O) groups excluding carboxylic acids is 2. The maximum atomic E-state index is 12.9. The Balaban J connectivity index is 1.63. The zero-order valence-corrected chi connectivity index (χ0v) is 16.3. The lowest BCUT2D eigenvalue weighted by molar-refractivity contribution is -0.164. The number of ether oxygens (including phenoxy) is 2. The van der Waals surface area contributed by atoms with Crippen molar-refractivity contribution in [3.8, 4) is 0 Å². The number of hydrogen-bond acceptors (Lipinski definition) is 6. The molecule has 160 valence electrons. The summed E-state index contributed by atoms with van der Waals surface area (Å²) in [4.78, 5) is 23.4. The Hall–Kier alpha value is -2.14. The SMILES string of the molecule is C[C@H]1C[C@@H](OC(=O)C2CCN(S(=O)(=O)c3cccc(C(F)(F)F)c3)CC2)C(=O)O1. The van der Waals surface area contributed by atoms with Crippen molar-refractivity contribution in [2.45, 2.75) is 49.5 Å². The van der Waals surface area contributed by atoms with Gasteiger partial charge in [0.2, 0.25) is 16.1 Å². The molecule has 2 aliphatic rings. The summed E-state index contributed by atoms with van der Waals surface area (Å²) >= 11 is 0. The number of alkyl halides is 3. The average Bonchev–Trinajstić information content (AvgIpc) is 2.98. The molecule has 0 bridgehead atoms. The molecule has 2 heterocycles. The van der Waals surface area contributed by atoms with Crippen LogP contribution in [0.3, 0.4) is 0 Å². The zero-order valence-electron chi connectivity index (χ0n) is 15.5. The van der Waals surface area contributed by atoms with Crippen LogP contribution in [0.25, 0.3) is 0 Å². The van der Waals surface area contributed by atoms with Crippen LogP contribution in [-0.4, -0.2) is 50.0 Å². The van der Waals surface area contributed by atoms with Crippen molar-refractivity contribution in [2.75, 3.05) is 13.1 Å². The van der Waals surface area contributed by atoms with Crippen molar-refractivity contribution in [1.82, 2.24) is 4.31 Å². The second kappa shape index (κ2) is 7.94. The van der Waals surface area contributed by atoms with E-state index in [0.717, 1.165) is 22.5 Å². The number of sulfonamides is 1. The van der Waals surface area contributed by atoms with E-state index in [0.29, 0.717) is 6.07 Å². The highest BCUT2D eigenvalue weighted by molar-refractivity contribution is 7.89. The van der Waals surface area contributed by atoms with Gasteiger partial charge in [0, 0.05) is 19.5 Å². The molecule has 2 atom stereocenters. The number of piperidine rings is 1. The van der Waals surface area contributed by atoms with E-state index in [1.807, 2.05) is 0 Å². The molecule has 0 aliphatic carbocycles. The maximum absolute atomic E-state index is 12.9. The molecule has 1 aromatic rings. The van der Waals surface area contributed by atoms with Crippen molar-refractivity contribution in [3.05, 3.63) is 29.8 Å². The normalized spacial score (nSPS) is 24.3. The van der Waals surface area contributed by atoms with Gasteiger partial charge in [0.15, 0.2) is 0 Å². The Morgan fingerprint density at radius 1 is 1.24 bits per heavy atom. The highest BCUT2D eigenvalue weighted by atomic mass is 32.2. The predicted molar refractivity (Wildman–Crippen MR) is 93.0 cm³/mol. The second-order valence-corrected chi connectivity index (χ2v) is 9.05. The number of nitrogens with zero attached hydrogens (tertiary/aromatic N) is 1. The molecule has 2 aliphatic heterocycles. The highest BCUT2D eigenvalue weighted by Crippen LogP contribution is 2.32. The number of cyclic esters (lactones) is 1. The predicted octanol–water partition coefficient (Wildman–Crippen LogP) is 2.35. The van der Waals surface area contributed by atoms with E-state index in [1.165, 1.54) is 0 Å². The van der Waals surface area contributed by atoms with Crippen LogP contribution in [0.4, 0.5) is 13.2 Å². The number of hydrogen-bond donors (Lipinski definition) is 0. The van der Waals surface area contributed by atoms with Gasteiger partial charge in [-0.15, -0.1) is 0 Å². The van der Waals surface area contributed by atoms with Gasteiger partial charge >= 0.3 is 18.1 Å². The molecule has 11 heteroatoms. The minimum atomic E-state index is -4.65. The molecule has 0 N–H and O–H groups in total. The van der Waals surface area contributed by atoms with E-state index in [-0.39, 0.29) is 38.5 Å². The van der Waals surface area contributed by atoms with Crippen molar-refractivity contribution < 1.29 is 40.7 Å². The minimum absolute atomic E-state index is 0.0378. The van der Waals surface area contributed by atoms with Gasteiger partial charge in [-0.3, -0.25) is 4.79 Å². The van der Waals surface area contributed by atoms with E-state index in [9.17, 15) is 31.2 Å². The van der Waals surface area contributed by atoms with Crippen molar-refractivity contribution in [1.29, 1.82) is 0 Å². The van der Waals surface area contributed by atoms with Crippen molar-refractivity contribution in [2.24, 2.45) is 5.92 Å². The van der Waals surface area contributed by atoms with Crippen molar-refractivity contribution in [3.63, 3.8) is 0 Å². The standard InChI is InChI=1S/C18H20F3NO6S/c1-11-9-15(17(24)27-11)28-16(23)12-5-7-22(8-6-12)29(25,26)14-4-2-3-13(10-14)18(19,20)21/h2-4,10-12,15H,5-9H2,1H3/t11-,15+/m0/s1. The second-order valence-electron chi connectivity index (χ2n) is 7.11. The molecule has 0 unspecified atom stereocenters. The van der Waals surface area contributed by atoms with Crippen LogP contribution in [0.15, 0.2) is 29.2 Å². The largest absolute Gasteiger partial charge is 0.460 e. The van der Waals surface area contributed by atoms with Gasteiger partial charge in [-0.1, -0.05) is 6.07 Å². The Bertz CT molecular complexity index is 893. The van der Waals surface area contributed by atoms with Gasteiger partial charge in [0.1, 0.15) is 6.10 Å². The van der Waals surface area contributed by atoms with E-state index in [1.54, 1.807) is 6.92 Å². The number of esters is 2. The van der Waals surface area contributed by atoms with Crippen LogP contribution in [-0.2, 0) is 35.3 Å². The highest BCUT2D eigenvalue weighted by Gasteiger charge is 2.39. The van der Waals surface area contributed by atoms with Gasteiger partial charge in [0.25, 0.3) is 0 Å². The first-order valence-corrected chi connectivity index (χ1v) is 10.5. The summed E-state index contributed by atoms with van der Waals surface area (Å²) in [6.07, 6.45) is -5.37. The molecule has 0 saturated carbocycles. The lowest BCUT2D eigenvalue weighted by Crippen LogP contribution is -2.41. The molecule has 0 amide bonds. The number of halogens is 3. The summed E-state index contributed by atoms with van der Waals surface area (Å²) in [5, 5.41) is 0. The Morgan fingerprint density at radius 2 is 1.90 bits per heavy atom. The fraction of sp³-hybridized carbons (Fsp3) is 0.556. The summed E-state index contributed by atoms with van der Waals surface area (Å²) in [5.41, 5.74) is -1.05. The molecule has 0 spiro atoms. The van der Waals surface area contributed by atoms with Crippen LogP contribution in [0.5, 0.6) is 0 Å². The quantitative estimate of drug-likeness (QED) is 0.675. The maximum Gasteiger partial charge on any atom is 0.416 e. The molecule has 29 heavy (non-hydrogen) atoms. The summed E-state index contributed by atoms with van der Waals surface area (Å²) in [6.45, 7) is 1.61. The fourth-order valence-electron chi connectivity index (χ4n) is 3.37. The van der Waals surface area contributed by atoms with E-state index < -0.39 is 50.6 Å². The number of benzene rings is 1. The van der Waals surface area contributed by atoms with Crippen LogP contribution in [0.2, 0.25) is 0 Å². The van der Waals surface area contributed by atoms with E-state index >= 15 is 0 Å². The summed E-state index contributed by atoms with van der Waals surface area (Å²) in [5.74, 6) is -1.79. The molecule has 1 aromatic carbocycles. The molecular formula is C18H20F3NO6S. The molecule has 2 fully saturated rings. The fourth-order valence-corrected chi connectivity index (χ4v) is 4.88. The lowest BCUT2D eigenvalue weighted by Gasteiger charge is -2.30. The minimum Gasteiger partial charge on any atom is -0.460 e. The Labute approximate surface area is 165 Å². The van der Waals surface area contributed by atoms with Gasteiger partial charge in [0.05, 0.1) is 16.4 Å². The molecule has 0 radical (unpaired) electrons. The average molecular weight is 435 g/mol. The summed E-state index contributed by atoms with van der Waals surface area (Å²) < 4.78 is 75.1. The van der Waals surface area contributed by atoms with Gasteiger partial charge < -0.3 is 9.47 Å². The first-order chi connectivity index (χ1) is 13.5. The molecule has 2 saturated heterocycles. The smallest absolute Gasteiger partial charge is 0.416 e. The zero-order chi connectivity index (χ0) is 21.4. The summed E-state index contributed by atoms with van der Waals surface area (Å²) in [6, 6.07) is 3.55. The number of carbonyl (C=O) groups is 2. The monoisotopic (exact) mass is 435 g/mol. The van der Waals surface area contributed by atoms with Crippen LogP contribution in [0.1, 0.15) is 31.7 Å². The third-order valence-corrected chi connectivity index (χ3v) is 6.87. The third kappa shape index (κ3) is 4.72. The van der Waals surface area contributed by atoms with Crippen LogP contribution >= 0.6 is 0 Å². The van der Waals surface area contributed by atoms with Gasteiger partial charge in [-0.2, -0.15) is 17.5 Å². The molecular weight excluding hydrogens is 415 g/mol. The van der Waals surface area contributed by atoms with Gasteiger partial charge in [-0.05, 0) is 38.0 Å². The third-order valence-electron chi connectivity index (χ3n) is 4.97. The molecule has 0 aromatic heterocycles. The lowest BCUT2D eigenvalue weighted by atomic mass is 9.98. The van der Waals surface area contributed by atoms with E-state index in [2.05, 4.69) is 0 Å². The topological polar surface area (TPSA) is 90.0 Å². The Kier molecular flexibility index (Phi) is 5.91. The summed E-state index contributed by atoms with van der Waals surface area (Å²) in [7, 11) is -4.13. The van der Waals surface area contributed by atoms with Gasteiger partial charge in [-0.25, -0.2) is 13.2 Å². The van der Waals surface area contributed by atoms with Crippen molar-refractivity contribution >= 4 is 22.0 Å². The first kappa shape index (κ1) is 21.6. The first-order valence-electron chi connectivity index (χ1n) is 9.07. The van der Waals surface area contributed by atoms with Crippen LogP contribution < -0.4 is 0 Å². The Morgan fingerprint density at radius 3 is 2.45 bits per heavy atom.